The molecule has 0 aliphatic rings. The van der Waals surface area contributed by atoms with Gasteiger partial charge in [-0.05, 0) is 31.0 Å². The van der Waals surface area contributed by atoms with E-state index in [2.05, 4.69) is 25.7 Å². The molecule has 0 spiro atoms. The summed E-state index contributed by atoms with van der Waals surface area (Å²) in [5.74, 6) is 1.22. The molecule has 0 saturated heterocycles. The van der Waals surface area contributed by atoms with E-state index < -0.39 is 0 Å². The molecule has 118 valence electrons. The van der Waals surface area contributed by atoms with Gasteiger partial charge in [-0.2, -0.15) is 5.10 Å². The van der Waals surface area contributed by atoms with Crippen molar-refractivity contribution in [2.24, 2.45) is 12.0 Å². The Labute approximate surface area is 129 Å². The van der Waals surface area contributed by atoms with Crippen LogP contribution in [-0.2, 0) is 13.6 Å². The third-order valence-corrected chi connectivity index (χ3v) is 3.49. The van der Waals surface area contributed by atoms with Gasteiger partial charge in [0, 0.05) is 14.1 Å². The van der Waals surface area contributed by atoms with Crippen molar-refractivity contribution in [1.82, 2.24) is 25.4 Å². The molecule has 1 heterocycles. The Kier molecular flexibility index (Phi) is 5.08. The smallest absolute Gasteiger partial charge is 0.191 e. The Morgan fingerprint density at radius 3 is 2.82 bits per heavy atom. The van der Waals surface area contributed by atoms with E-state index in [9.17, 15) is 4.39 Å². The summed E-state index contributed by atoms with van der Waals surface area (Å²) in [5.41, 5.74) is 1.51. The summed E-state index contributed by atoms with van der Waals surface area (Å²) >= 11 is 0. The second kappa shape index (κ2) is 7.02. The van der Waals surface area contributed by atoms with Crippen molar-refractivity contribution < 1.29 is 4.39 Å². The van der Waals surface area contributed by atoms with Gasteiger partial charge in [-0.3, -0.25) is 9.67 Å². The Hall–Kier alpha value is -2.44. The number of nitrogens with zero attached hydrogens (tertiary/aromatic N) is 4. The van der Waals surface area contributed by atoms with Crippen LogP contribution < -0.4 is 10.6 Å². The van der Waals surface area contributed by atoms with E-state index in [4.69, 9.17) is 0 Å². The number of hydrogen-bond acceptors (Lipinski definition) is 3. The number of halogens is 1. The Morgan fingerprint density at radius 2 is 2.23 bits per heavy atom. The molecule has 0 radical (unpaired) electrons. The number of aryl methyl sites for hydroxylation is 2. The van der Waals surface area contributed by atoms with Gasteiger partial charge in [0.05, 0.1) is 12.6 Å². The van der Waals surface area contributed by atoms with Gasteiger partial charge in [0.2, 0.25) is 0 Å². The molecule has 22 heavy (non-hydrogen) atoms. The third kappa shape index (κ3) is 3.81. The largest absolute Gasteiger partial charge is 0.350 e. The minimum atomic E-state index is -0.201. The molecular formula is C15H21FN6. The molecule has 2 aromatic rings. The molecule has 0 saturated carbocycles. The summed E-state index contributed by atoms with van der Waals surface area (Å²) in [5, 5.41) is 10.4. The molecule has 7 heteroatoms. The highest BCUT2D eigenvalue weighted by molar-refractivity contribution is 5.80. The Balaban J connectivity index is 1.97. The minimum Gasteiger partial charge on any atom is -0.350 e. The molecule has 1 aromatic heterocycles. The molecule has 0 aliphatic heterocycles. The van der Waals surface area contributed by atoms with Crippen molar-refractivity contribution >= 4 is 5.96 Å². The van der Waals surface area contributed by atoms with Crippen LogP contribution in [0.25, 0.3) is 0 Å². The van der Waals surface area contributed by atoms with Gasteiger partial charge in [-0.25, -0.2) is 9.37 Å². The van der Waals surface area contributed by atoms with Gasteiger partial charge in [0.25, 0.3) is 0 Å². The number of aromatic nitrogens is 3. The molecule has 0 bridgehead atoms. The predicted octanol–water partition coefficient (Wildman–Crippen LogP) is 1.69. The first-order valence-corrected chi connectivity index (χ1v) is 7.07. The first-order chi connectivity index (χ1) is 10.5. The van der Waals surface area contributed by atoms with E-state index in [1.165, 1.54) is 6.33 Å². The van der Waals surface area contributed by atoms with Crippen LogP contribution in [0.5, 0.6) is 0 Å². The highest BCUT2D eigenvalue weighted by atomic mass is 19.1. The topological polar surface area (TPSA) is 67.1 Å². The molecule has 0 fully saturated rings. The maximum Gasteiger partial charge on any atom is 0.191 e. The van der Waals surface area contributed by atoms with E-state index in [1.807, 2.05) is 20.0 Å². The van der Waals surface area contributed by atoms with E-state index >= 15 is 0 Å². The number of benzene rings is 1. The fourth-order valence-electron chi connectivity index (χ4n) is 2.00. The van der Waals surface area contributed by atoms with Crippen LogP contribution in [0.15, 0.2) is 29.5 Å². The fraction of sp³-hybridized carbons (Fsp3) is 0.400. The number of rotatable bonds is 4. The lowest BCUT2D eigenvalue weighted by Crippen LogP contribution is -2.38. The second-order valence-corrected chi connectivity index (χ2v) is 5.10. The third-order valence-electron chi connectivity index (χ3n) is 3.49. The Morgan fingerprint density at radius 1 is 1.45 bits per heavy atom. The quantitative estimate of drug-likeness (QED) is 0.666. The fourth-order valence-corrected chi connectivity index (χ4v) is 2.00. The zero-order valence-electron chi connectivity index (χ0n) is 13.3. The van der Waals surface area contributed by atoms with Crippen LogP contribution in [0, 0.1) is 12.7 Å². The SMILES string of the molecule is CN=C(NCc1ncnn1C)NC(C)c1ccc(C)c(F)c1. The minimum absolute atomic E-state index is 0.0687. The van der Waals surface area contributed by atoms with Crippen LogP contribution in [0.2, 0.25) is 0 Å². The second-order valence-electron chi connectivity index (χ2n) is 5.10. The van der Waals surface area contributed by atoms with Crippen molar-refractivity contribution in [3.05, 3.63) is 47.3 Å². The first kappa shape index (κ1) is 15.9. The summed E-state index contributed by atoms with van der Waals surface area (Å²) in [4.78, 5) is 8.30. The number of guanidine groups is 1. The van der Waals surface area contributed by atoms with Crippen molar-refractivity contribution in [3.8, 4) is 0 Å². The zero-order chi connectivity index (χ0) is 16.1. The van der Waals surface area contributed by atoms with E-state index in [1.54, 1.807) is 30.8 Å². The summed E-state index contributed by atoms with van der Waals surface area (Å²) < 4.78 is 15.3. The number of nitrogens with one attached hydrogen (secondary N) is 2. The lowest BCUT2D eigenvalue weighted by molar-refractivity contribution is 0.606. The number of aliphatic imine (C=N–C) groups is 1. The average Bonchev–Trinajstić information content (AvgIpc) is 2.91. The van der Waals surface area contributed by atoms with Crippen LogP contribution in [0.4, 0.5) is 4.39 Å². The van der Waals surface area contributed by atoms with Gasteiger partial charge in [-0.1, -0.05) is 12.1 Å². The van der Waals surface area contributed by atoms with E-state index in [-0.39, 0.29) is 11.9 Å². The van der Waals surface area contributed by atoms with Crippen LogP contribution in [0.3, 0.4) is 0 Å². The highest BCUT2D eigenvalue weighted by Crippen LogP contribution is 2.16. The maximum atomic E-state index is 13.6. The molecule has 6 nitrogen and oxygen atoms in total. The van der Waals surface area contributed by atoms with Gasteiger partial charge in [-0.15, -0.1) is 0 Å². The molecule has 0 aliphatic carbocycles. The summed E-state index contributed by atoms with van der Waals surface area (Å²) in [6, 6.07) is 5.16. The zero-order valence-corrected chi connectivity index (χ0v) is 13.3. The molecule has 0 amide bonds. The van der Waals surface area contributed by atoms with Crippen molar-refractivity contribution in [2.45, 2.75) is 26.4 Å². The predicted molar refractivity (Wildman–Crippen MR) is 83.9 cm³/mol. The summed E-state index contributed by atoms with van der Waals surface area (Å²) in [6.07, 6.45) is 1.50. The standard InChI is InChI=1S/C15H21FN6/c1-10-5-6-12(7-13(10)16)11(2)21-15(17-3)18-8-14-19-9-20-22(14)4/h5-7,9,11H,8H2,1-4H3,(H2,17,18,21). The summed E-state index contributed by atoms with van der Waals surface area (Å²) in [7, 11) is 3.52. The normalized spacial score (nSPS) is 13.0. The van der Waals surface area contributed by atoms with Gasteiger partial charge < -0.3 is 10.6 Å². The van der Waals surface area contributed by atoms with Gasteiger partial charge >= 0.3 is 0 Å². The van der Waals surface area contributed by atoms with Crippen LogP contribution in [-0.4, -0.2) is 27.8 Å². The maximum absolute atomic E-state index is 13.6. The summed E-state index contributed by atoms with van der Waals surface area (Å²) in [6.45, 7) is 4.21. The number of hydrogen-bond donors (Lipinski definition) is 2. The highest BCUT2D eigenvalue weighted by Gasteiger charge is 2.10. The van der Waals surface area contributed by atoms with Crippen LogP contribution >= 0.6 is 0 Å². The Bertz CT molecular complexity index is 664. The van der Waals surface area contributed by atoms with E-state index in [0.717, 1.165) is 11.4 Å². The molecule has 1 atom stereocenters. The van der Waals surface area contributed by atoms with Gasteiger partial charge in [0.15, 0.2) is 5.96 Å². The molecule has 2 N–H and O–H groups in total. The van der Waals surface area contributed by atoms with Crippen LogP contribution in [0.1, 0.15) is 29.9 Å². The van der Waals surface area contributed by atoms with Crippen molar-refractivity contribution in [1.29, 1.82) is 0 Å². The van der Waals surface area contributed by atoms with Gasteiger partial charge in [0.1, 0.15) is 18.0 Å². The first-order valence-electron chi connectivity index (χ1n) is 7.07. The lowest BCUT2D eigenvalue weighted by Gasteiger charge is -2.18. The molecule has 1 unspecified atom stereocenters. The van der Waals surface area contributed by atoms with Crippen molar-refractivity contribution in [2.75, 3.05) is 7.05 Å². The lowest BCUT2D eigenvalue weighted by atomic mass is 10.1. The van der Waals surface area contributed by atoms with Crippen molar-refractivity contribution in [3.63, 3.8) is 0 Å². The molecule has 2 rings (SSSR count). The molecular weight excluding hydrogens is 283 g/mol. The van der Waals surface area contributed by atoms with E-state index in [0.29, 0.717) is 18.1 Å². The average molecular weight is 304 g/mol. The monoisotopic (exact) mass is 304 g/mol. The molecule has 1 aromatic carbocycles.